The quantitative estimate of drug-likeness (QED) is 0.728. The SMILES string of the molecule is O=C(Cl)c1cncnc1-c1ccccc1. The van der Waals surface area contributed by atoms with Gasteiger partial charge in [-0.15, -0.1) is 0 Å². The first-order valence-corrected chi connectivity index (χ1v) is 4.72. The highest BCUT2D eigenvalue weighted by atomic mass is 35.5. The Labute approximate surface area is 91.8 Å². The maximum Gasteiger partial charge on any atom is 0.256 e. The van der Waals surface area contributed by atoms with E-state index in [0.29, 0.717) is 11.3 Å². The highest BCUT2D eigenvalue weighted by Gasteiger charge is 2.11. The van der Waals surface area contributed by atoms with Gasteiger partial charge in [-0.2, -0.15) is 0 Å². The number of carbonyl (C=O) groups excluding carboxylic acids is 1. The smallest absolute Gasteiger partial charge is 0.256 e. The normalized spacial score (nSPS) is 9.93. The predicted molar refractivity (Wildman–Crippen MR) is 57.7 cm³/mol. The second-order valence-corrected chi connectivity index (χ2v) is 3.27. The number of benzene rings is 1. The predicted octanol–water partition coefficient (Wildman–Crippen LogP) is 2.52. The molecule has 0 saturated heterocycles. The van der Waals surface area contributed by atoms with Gasteiger partial charge in [0.1, 0.15) is 6.33 Å². The Morgan fingerprint density at radius 2 is 1.93 bits per heavy atom. The fourth-order valence-electron chi connectivity index (χ4n) is 1.30. The second-order valence-electron chi connectivity index (χ2n) is 2.92. The minimum Gasteiger partial charge on any atom is -0.275 e. The number of aromatic nitrogens is 2. The summed E-state index contributed by atoms with van der Waals surface area (Å²) in [5.41, 5.74) is 1.74. The Kier molecular flexibility index (Phi) is 2.74. The van der Waals surface area contributed by atoms with Crippen LogP contribution < -0.4 is 0 Å². The minimum absolute atomic E-state index is 0.324. The van der Waals surface area contributed by atoms with Gasteiger partial charge in [0, 0.05) is 11.8 Å². The third-order valence-electron chi connectivity index (χ3n) is 1.97. The fraction of sp³-hybridized carbons (Fsp3) is 0. The summed E-state index contributed by atoms with van der Waals surface area (Å²) in [6, 6.07) is 9.38. The molecular weight excluding hydrogens is 212 g/mol. The van der Waals surface area contributed by atoms with Gasteiger partial charge in [-0.05, 0) is 11.6 Å². The Balaban J connectivity index is 2.58. The maximum atomic E-state index is 11.1. The van der Waals surface area contributed by atoms with Crippen LogP contribution in [-0.4, -0.2) is 15.2 Å². The van der Waals surface area contributed by atoms with Crippen LogP contribution in [0.15, 0.2) is 42.9 Å². The molecule has 0 unspecified atom stereocenters. The average Bonchev–Trinajstić information content (AvgIpc) is 2.30. The van der Waals surface area contributed by atoms with Crippen LogP contribution in [0.4, 0.5) is 0 Å². The molecule has 0 fully saturated rings. The largest absolute Gasteiger partial charge is 0.275 e. The van der Waals surface area contributed by atoms with Crippen molar-refractivity contribution in [3.63, 3.8) is 0 Å². The van der Waals surface area contributed by atoms with Gasteiger partial charge in [-0.1, -0.05) is 30.3 Å². The van der Waals surface area contributed by atoms with Crippen molar-refractivity contribution in [3.05, 3.63) is 48.4 Å². The number of rotatable bonds is 2. The number of nitrogens with zero attached hydrogens (tertiary/aromatic N) is 2. The van der Waals surface area contributed by atoms with Crippen LogP contribution in [0.1, 0.15) is 10.4 Å². The van der Waals surface area contributed by atoms with Crippen molar-refractivity contribution in [2.45, 2.75) is 0 Å². The summed E-state index contributed by atoms with van der Waals surface area (Å²) >= 11 is 5.44. The van der Waals surface area contributed by atoms with E-state index < -0.39 is 5.24 Å². The summed E-state index contributed by atoms with van der Waals surface area (Å²) < 4.78 is 0. The lowest BCUT2D eigenvalue weighted by Crippen LogP contribution is -1.97. The molecule has 0 atom stereocenters. The maximum absolute atomic E-state index is 11.1. The van der Waals surface area contributed by atoms with Crippen molar-refractivity contribution in [1.29, 1.82) is 0 Å². The summed E-state index contributed by atoms with van der Waals surface area (Å²) in [7, 11) is 0. The highest BCUT2D eigenvalue weighted by molar-refractivity contribution is 6.68. The van der Waals surface area contributed by atoms with Crippen molar-refractivity contribution in [2.24, 2.45) is 0 Å². The van der Waals surface area contributed by atoms with E-state index in [2.05, 4.69) is 9.97 Å². The third-order valence-corrected chi connectivity index (χ3v) is 2.17. The fourth-order valence-corrected chi connectivity index (χ4v) is 1.44. The number of hydrogen-bond donors (Lipinski definition) is 0. The standard InChI is InChI=1S/C11H7ClN2O/c12-11(15)9-6-13-7-14-10(9)8-4-2-1-3-5-8/h1-7H. The van der Waals surface area contributed by atoms with E-state index in [1.54, 1.807) is 0 Å². The van der Waals surface area contributed by atoms with Crippen LogP contribution in [0.2, 0.25) is 0 Å². The molecular formula is C11H7ClN2O. The topological polar surface area (TPSA) is 42.9 Å². The first-order chi connectivity index (χ1) is 7.29. The van der Waals surface area contributed by atoms with E-state index in [1.807, 2.05) is 30.3 Å². The van der Waals surface area contributed by atoms with Gasteiger partial charge in [0.2, 0.25) is 0 Å². The molecule has 0 N–H and O–H groups in total. The van der Waals surface area contributed by atoms with E-state index >= 15 is 0 Å². The molecule has 15 heavy (non-hydrogen) atoms. The molecule has 1 aromatic heterocycles. The second kappa shape index (κ2) is 4.19. The zero-order valence-electron chi connectivity index (χ0n) is 7.72. The zero-order chi connectivity index (χ0) is 10.7. The van der Waals surface area contributed by atoms with Crippen molar-refractivity contribution in [1.82, 2.24) is 9.97 Å². The molecule has 3 nitrogen and oxygen atoms in total. The summed E-state index contributed by atoms with van der Waals surface area (Å²) in [6.07, 6.45) is 2.82. The summed E-state index contributed by atoms with van der Waals surface area (Å²) in [6.45, 7) is 0. The van der Waals surface area contributed by atoms with E-state index in [9.17, 15) is 4.79 Å². The van der Waals surface area contributed by atoms with Gasteiger partial charge in [-0.25, -0.2) is 9.97 Å². The van der Waals surface area contributed by atoms with Crippen LogP contribution in [-0.2, 0) is 0 Å². The van der Waals surface area contributed by atoms with Gasteiger partial charge >= 0.3 is 0 Å². The number of hydrogen-bond acceptors (Lipinski definition) is 3. The molecule has 0 aliphatic heterocycles. The molecule has 74 valence electrons. The molecule has 1 heterocycles. The molecule has 0 aliphatic carbocycles. The molecule has 0 amide bonds. The summed E-state index contributed by atoms with van der Waals surface area (Å²) in [5.74, 6) is 0. The zero-order valence-corrected chi connectivity index (χ0v) is 8.48. The van der Waals surface area contributed by atoms with Gasteiger partial charge in [0.05, 0.1) is 11.3 Å². The van der Waals surface area contributed by atoms with Crippen LogP contribution in [0.5, 0.6) is 0 Å². The molecule has 0 bridgehead atoms. The van der Waals surface area contributed by atoms with Crippen LogP contribution in [0.25, 0.3) is 11.3 Å². The molecule has 1 aromatic carbocycles. The Hall–Kier alpha value is -1.74. The lowest BCUT2D eigenvalue weighted by atomic mass is 10.1. The third kappa shape index (κ3) is 2.02. The average molecular weight is 219 g/mol. The molecule has 0 aliphatic rings. The van der Waals surface area contributed by atoms with Crippen molar-refractivity contribution < 1.29 is 4.79 Å². The van der Waals surface area contributed by atoms with Crippen LogP contribution >= 0.6 is 11.6 Å². The molecule has 0 radical (unpaired) electrons. The first-order valence-electron chi connectivity index (χ1n) is 4.34. The minimum atomic E-state index is -0.547. The highest BCUT2D eigenvalue weighted by Crippen LogP contribution is 2.20. The van der Waals surface area contributed by atoms with E-state index in [4.69, 9.17) is 11.6 Å². The molecule has 2 aromatic rings. The molecule has 2 rings (SSSR count). The Morgan fingerprint density at radius 1 is 1.20 bits per heavy atom. The first kappa shape index (κ1) is 9.80. The van der Waals surface area contributed by atoms with Crippen molar-refractivity contribution >= 4 is 16.8 Å². The van der Waals surface area contributed by atoms with Gasteiger partial charge in [0.15, 0.2) is 0 Å². The molecule has 0 spiro atoms. The van der Waals surface area contributed by atoms with Crippen LogP contribution in [0.3, 0.4) is 0 Å². The van der Waals surface area contributed by atoms with Crippen molar-refractivity contribution in [3.8, 4) is 11.3 Å². The van der Waals surface area contributed by atoms with Gasteiger partial charge in [0.25, 0.3) is 5.24 Å². The van der Waals surface area contributed by atoms with E-state index in [1.165, 1.54) is 12.5 Å². The molecule has 0 saturated carbocycles. The summed E-state index contributed by atoms with van der Waals surface area (Å²) in [5, 5.41) is -0.547. The van der Waals surface area contributed by atoms with Gasteiger partial charge in [-0.3, -0.25) is 4.79 Å². The van der Waals surface area contributed by atoms with E-state index in [0.717, 1.165) is 5.56 Å². The van der Waals surface area contributed by atoms with Crippen LogP contribution in [0, 0.1) is 0 Å². The summed E-state index contributed by atoms with van der Waals surface area (Å²) in [4.78, 5) is 19.0. The molecule has 4 heteroatoms. The lowest BCUT2D eigenvalue weighted by Gasteiger charge is -2.03. The van der Waals surface area contributed by atoms with Gasteiger partial charge < -0.3 is 0 Å². The van der Waals surface area contributed by atoms with Crippen molar-refractivity contribution in [2.75, 3.05) is 0 Å². The monoisotopic (exact) mass is 218 g/mol. The Morgan fingerprint density at radius 3 is 2.60 bits per heavy atom. The Bertz CT molecular complexity index is 485. The number of carbonyl (C=O) groups is 1. The van der Waals surface area contributed by atoms with E-state index in [-0.39, 0.29) is 0 Å². The lowest BCUT2D eigenvalue weighted by molar-refractivity contribution is 0.108. The number of halogens is 1.